The number of aliphatic hydroxyl groups excluding tert-OH is 1. The molecular formula is C13H25NO2. The van der Waals surface area contributed by atoms with Gasteiger partial charge in [0.05, 0.1) is 11.6 Å². The molecule has 3 heteroatoms. The van der Waals surface area contributed by atoms with Gasteiger partial charge in [0.15, 0.2) is 0 Å². The topological polar surface area (TPSA) is 40.5 Å². The highest BCUT2D eigenvalue weighted by Crippen LogP contribution is 2.28. The van der Waals surface area contributed by atoms with Crippen molar-refractivity contribution in [1.82, 2.24) is 4.90 Å². The highest BCUT2D eigenvalue weighted by molar-refractivity contribution is 5.77. The number of likely N-dealkylation sites (tertiary alicyclic amines) is 1. The number of piperidine rings is 1. The van der Waals surface area contributed by atoms with Crippen LogP contribution in [0, 0.1) is 0 Å². The first kappa shape index (κ1) is 13.5. The van der Waals surface area contributed by atoms with Gasteiger partial charge in [0.1, 0.15) is 0 Å². The zero-order valence-corrected chi connectivity index (χ0v) is 10.8. The molecule has 0 aromatic carbocycles. The van der Waals surface area contributed by atoms with E-state index in [4.69, 9.17) is 0 Å². The number of hydrogen-bond donors (Lipinski definition) is 1. The zero-order valence-electron chi connectivity index (χ0n) is 10.8. The molecule has 1 rings (SSSR count). The van der Waals surface area contributed by atoms with E-state index in [1.807, 2.05) is 18.7 Å². The van der Waals surface area contributed by atoms with E-state index < -0.39 is 0 Å². The Morgan fingerprint density at radius 3 is 2.75 bits per heavy atom. The molecule has 1 fully saturated rings. The molecule has 0 aliphatic carbocycles. The summed E-state index contributed by atoms with van der Waals surface area (Å²) in [7, 11) is 0. The fraction of sp³-hybridized carbons (Fsp3) is 0.923. The van der Waals surface area contributed by atoms with Crippen molar-refractivity contribution in [2.75, 3.05) is 6.54 Å². The van der Waals surface area contributed by atoms with Crippen molar-refractivity contribution in [2.45, 2.75) is 70.9 Å². The molecule has 0 aromatic heterocycles. The minimum absolute atomic E-state index is 0.206. The van der Waals surface area contributed by atoms with Crippen LogP contribution in [0.5, 0.6) is 0 Å². The van der Waals surface area contributed by atoms with Crippen LogP contribution in [0.25, 0.3) is 0 Å². The number of hydrogen-bond acceptors (Lipinski definition) is 2. The predicted molar refractivity (Wildman–Crippen MR) is 65.2 cm³/mol. The Balaban J connectivity index is 2.53. The number of aliphatic hydroxyl groups is 1. The Morgan fingerprint density at radius 1 is 1.44 bits per heavy atom. The summed E-state index contributed by atoms with van der Waals surface area (Å²) in [5.41, 5.74) is -0.387. The third-order valence-corrected chi connectivity index (χ3v) is 3.67. The fourth-order valence-electron chi connectivity index (χ4n) is 2.37. The Kier molecular flexibility index (Phi) is 4.78. The highest BCUT2D eigenvalue weighted by Gasteiger charge is 2.39. The van der Waals surface area contributed by atoms with E-state index in [0.29, 0.717) is 6.42 Å². The van der Waals surface area contributed by atoms with Crippen molar-refractivity contribution < 1.29 is 9.90 Å². The summed E-state index contributed by atoms with van der Waals surface area (Å²) in [6, 6.07) is 0. The van der Waals surface area contributed by atoms with E-state index in [0.717, 1.165) is 38.6 Å². The van der Waals surface area contributed by atoms with Crippen LogP contribution in [-0.4, -0.2) is 34.1 Å². The van der Waals surface area contributed by atoms with Gasteiger partial charge in [0, 0.05) is 13.0 Å². The number of rotatable bonds is 4. The summed E-state index contributed by atoms with van der Waals surface area (Å²) in [5, 5.41) is 9.93. The monoisotopic (exact) mass is 227 g/mol. The van der Waals surface area contributed by atoms with Gasteiger partial charge in [-0.1, -0.05) is 19.8 Å². The normalized spacial score (nSPS) is 24.5. The molecule has 1 aliphatic heterocycles. The lowest BCUT2D eigenvalue weighted by molar-refractivity contribution is -0.145. The van der Waals surface area contributed by atoms with Crippen molar-refractivity contribution in [2.24, 2.45) is 0 Å². The molecule has 1 aliphatic rings. The maximum atomic E-state index is 12.0. The van der Waals surface area contributed by atoms with Crippen LogP contribution in [-0.2, 0) is 4.79 Å². The molecule has 1 N–H and O–H groups in total. The van der Waals surface area contributed by atoms with E-state index in [1.165, 1.54) is 0 Å². The molecule has 1 unspecified atom stereocenters. The molecule has 0 spiro atoms. The second-order valence-electron chi connectivity index (χ2n) is 5.31. The van der Waals surface area contributed by atoms with Crippen molar-refractivity contribution in [3.63, 3.8) is 0 Å². The van der Waals surface area contributed by atoms with Gasteiger partial charge >= 0.3 is 0 Å². The summed E-state index contributed by atoms with van der Waals surface area (Å²) >= 11 is 0. The van der Waals surface area contributed by atoms with Crippen LogP contribution in [0.4, 0.5) is 0 Å². The van der Waals surface area contributed by atoms with Crippen molar-refractivity contribution in [3.05, 3.63) is 0 Å². The summed E-state index contributed by atoms with van der Waals surface area (Å²) in [6.45, 7) is 6.87. The maximum Gasteiger partial charge on any atom is 0.223 e. The Bertz CT molecular complexity index is 238. The van der Waals surface area contributed by atoms with E-state index in [2.05, 4.69) is 6.92 Å². The lowest BCUT2D eigenvalue weighted by atomic mass is 9.87. The quantitative estimate of drug-likeness (QED) is 0.749. The summed E-state index contributed by atoms with van der Waals surface area (Å²) in [4.78, 5) is 13.9. The van der Waals surface area contributed by atoms with Gasteiger partial charge in [-0.25, -0.2) is 0 Å². The molecule has 0 aromatic rings. The Morgan fingerprint density at radius 2 is 2.12 bits per heavy atom. The number of unbranched alkanes of at least 4 members (excludes halogenated alkanes) is 2. The van der Waals surface area contributed by atoms with Gasteiger partial charge < -0.3 is 10.0 Å². The standard InChI is InChI=1S/C13H25NO2/c1-4-5-6-9-12(16)14-10-7-8-11(15)13(14,2)3/h11,15H,4-10H2,1-3H3. The number of amides is 1. The molecule has 1 heterocycles. The van der Waals surface area contributed by atoms with Crippen molar-refractivity contribution in [1.29, 1.82) is 0 Å². The molecule has 1 saturated heterocycles. The van der Waals surface area contributed by atoms with E-state index in [9.17, 15) is 9.90 Å². The average molecular weight is 227 g/mol. The second kappa shape index (κ2) is 5.67. The summed E-state index contributed by atoms with van der Waals surface area (Å²) in [6.07, 6.45) is 5.20. The number of carbonyl (C=O) groups is 1. The molecule has 0 radical (unpaired) electrons. The van der Waals surface area contributed by atoms with Gasteiger partial charge in [-0.3, -0.25) is 4.79 Å². The van der Waals surface area contributed by atoms with E-state index in [-0.39, 0.29) is 17.6 Å². The van der Waals surface area contributed by atoms with Crippen LogP contribution < -0.4 is 0 Å². The molecule has 0 bridgehead atoms. The zero-order chi connectivity index (χ0) is 12.2. The van der Waals surface area contributed by atoms with Crippen LogP contribution in [0.15, 0.2) is 0 Å². The summed E-state index contributed by atoms with van der Waals surface area (Å²) < 4.78 is 0. The Labute approximate surface area is 98.8 Å². The van der Waals surface area contributed by atoms with E-state index in [1.54, 1.807) is 0 Å². The molecule has 94 valence electrons. The van der Waals surface area contributed by atoms with E-state index >= 15 is 0 Å². The first-order chi connectivity index (χ1) is 7.50. The van der Waals surface area contributed by atoms with Crippen LogP contribution >= 0.6 is 0 Å². The van der Waals surface area contributed by atoms with Crippen LogP contribution in [0.1, 0.15) is 59.3 Å². The SMILES string of the molecule is CCCCCC(=O)N1CCCC(O)C1(C)C. The highest BCUT2D eigenvalue weighted by atomic mass is 16.3. The Hall–Kier alpha value is -0.570. The van der Waals surface area contributed by atoms with Crippen LogP contribution in [0.3, 0.4) is 0 Å². The molecular weight excluding hydrogens is 202 g/mol. The third kappa shape index (κ3) is 2.97. The largest absolute Gasteiger partial charge is 0.391 e. The molecule has 3 nitrogen and oxygen atoms in total. The molecule has 1 amide bonds. The summed E-state index contributed by atoms with van der Waals surface area (Å²) in [5.74, 6) is 0.206. The predicted octanol–water partition coefficient (Wildman–Crippen LogP) is 2.33. The number of carbonyl (C=O) groups excluding carboxylic acids is 1. The molecule has 16 heavy (non-hydrogen) atoms. The third-order valence-electron chi connectivity index (χ3n) is 3.67. The van der Waals surface area contributed by atoms with Crippen molar-refractivity contribution >= 4 is 5.91 Å². The smallest absolute Gasteiger partial charge is 0.223 e. The van der Waals surface area contributed by atoms with Gasteiger partial charge in [0.25, 0.3) is 0 Å². The number of nitrogens with zero attached hydrogens (tertiary/aromatic N) is 1. The lowest BCUT2D eigenvalue weighted by Gasteiger charge is -2.46. The minimum atomic E-state index is -0.387. The lowest BCUT2D eigenvalue weighted by Crippen LogP contribution is -2.58. The van der Waals surface area contributed by atoms with Crippen molar-refractivity contribution in [3.8, 4) is 0 Å². The van der Waals surface area contributed by atoms with Gasteiger partial charge in [-0.2, -0.15) is 0 Å². The second-order valence-corrected chi connectivity index (χ2v) is 5.31. The fourth-order valence-corrected chi connectivity index (χ4v) is 2.37. The molecule has 1 atom stereocenters. The molecule has 0 saturated carbocycles. The van der Waals surface area contributed by atoms with Crippen LogP contribution in [0.2, 0.25) is 0 Å². The minimum Gasteiger partial charge on any atom is -0.391 e. The van der Waals surface area contributed by atoms with Gasteiger partial charge in [-0.05, 0) is 33.1 Å². The maximum absolute atomic E-state index is 12.0. The van der Waals surface area contributed by atoms with Gasteiger partial charge in [0.2, 0.25) is 5.91 Å². The van der Waals surface area contributed by atoms with Gasteiger partial charge in [-0.15, -0.1) is 0 Å². The average Bonchev–Trinajstić information content (AvgIpc) is 2.22. The first-order valence-corrected chi connectivity index (χ1v) is 6.48. The first-order valence-electron chi connectivity index (χ1n) is 6.48.